The molecule has 0 saturated carbocycles. The van der Waals surface area contributed by atoms with Crippen molar-refractivity contribution in [3.8, 4) is 5.69 Å². The van der Waals surface area contributed by atoms with Gasteiger partial charge >= 0.3 is 0 Å². The van der Waals surface area contributed by atoms with Crippen LogP contribution in [-0.2, 0) is 13.0 Å². The highest BCUT2D eigenvalue weighted by Crippen LogP contribution is 2.14. The molecule has 0 atom stereocenters. The van der Waals surface area contributed by atoms with Gasteiger partial charge in [-0.05, 0) is 24.1 Å². The molecule has 0 aliphatic carbocycles. The zero-order valence-electron chi connectivity index (χ0n) is 12.1. The van der Waals surface area contributed by atoms with Crippen LogP contribution < -0.4 is 5.32 Å². The minimum Gasteiger partial charge on any atom is -0.310 e. The van der Waals surface area contributed by atoms with E-state index < -0.39 is 0 Å². The summed E-state index contributed by atoms with van der Waals surface area (Å²) in [6.45, 7) is 7.42. The van der Waals surface area contributed by atoms with Crippen LogP contribution in [0.2, 0.25) is 0 Å². The molecular weight excluding hydrogens is 234 g/mol. The highest BCUT2D eigenvalue weighted by atomic mass is 15.1. The number of aromatic nitrogens is 2. The molecule has 0 aliphatic heterocycles. The van der Waals surface area contributed by atoms with Crippen molar-refractivity contribution in [3.05, 3.63) is 48.0 Å². The lowest BCUT2D eigenvalue weighted by atomic mass is 10.2. The summed E-state index contributed by atoms with van der Waals surface area (Å²) in [6, 6.07) is 9.15. The summed E-state index contributed by atoms with van der Waals surface area (Å²) in [4.78, 5) is 4.43. The molecule has 0 bridgehead atoms. The van der Waals surface area contributed by atoms with Crippen LogP contribution in [0.1, 0.15) is 38.6 Å². The highest BCUT2D eigenvalue weighted by Gasteiger charge is 2.04. The normalized spacial score (nSPS) is 11.2. The average molecular weight is 257 g/mol. The van der Waals surface area contributed by atoms with Crippen molar-refractivity contribution in [1.82, 2.24) is 14.9 Å². The summed E-state index contributed by atoms with van der Waals surface area (Å²) in [7, 11) is 0. The van der Waals surface area contributed by atoms with Crippen molar-refractivity contribution >= 4 is 0 Å². The number of aryl methyl sites for hydroxylation is 1. The quantitative estimate of drug-likeness (QED) is 0.860. The Morgan fingerprint density at radius 3 is 2.89 bits per heavy atom. The number of hydrogen-bond donors (Lipinski definition) is 1. The maximum Gasteiger partial charge on any atom is 0.113 e. The third-order valence-corrected chi connectivity index (χ3v) is 3.09. The fourth-order valence-corrected chi connectivity index (χ4v) is 2.12. The second-order valence-corrected chi connectivity index (χ2v) is 5.17. The van der Waals surface area contributed by atoms with Crippen LogP contribution in [0.25, 0.3) is 5.69 Å². The molecule has 0 radical (unpaired) electrons. The van der Waals surface area contributed by atoms with Crippen LogP contribution in [0.5, 0.6) is 0 Å². The lowest BCUT2D eigenvalue weighted by Gasteiger charge is -2.11. The van der Waals surface area contributed by atoms with Gasteiger partial charge in [-0.3, -0.25) is 0 Å². The first-order chi connectivity index (χ1) is 9.20. The number of benzene rings is 1. The molecule has 0 unspecified atom stereocenters. The summed E-state index contributed by atoms with van der Waals surface area (Å²) in [5.74, 6) is 1.14. The van der Waals surface area contributed by atoms with Crippen LogP contribution in [-0.4, -0.2) is 15.6 Å². The van der Waals surface area contributed by atoms with Gasteiger partial charge in [0, 0.05) is 37.1 Å². The molecule has 0 aliphatic rings. The first kappa shape index (κ1) is 13.8. The van der Waals surface area contributed by atoms with E-state index in [0.29, 0.717) is 6.04 Å². The third kappa shape index (κ3) is 3.67. The van der Waals surface area contributed by atoms with Gasteiger partial charge in [-0.25, -0.2) is 4.98 Å². The standard InChI is InChI=1S/C16H23N3/c1-4-6-16-17-9-10-19(16)15-8-5-7-14(11-15)12-18-13(2)3/h5,7-11,13,18H,4,6,12H2,1-3H3. The van der Waals surface area contributed by atoms with Crippen molar-refractivity contribution in [2.75, 3.05) is 0 Å². The molecule has 3 heteroatoms. The van der Waals surface area contributed by atoms with E-state index in [0.717, 1.165) is 25.2 Å². The third-order valence-electron chi connectivity index (χ3n) is 3.09. The first-order valence-corrected chi connectivity index (χ1v) is 7.05. The maximum atomic E-state index is 4.43. The topological polar surface area (TPSA) is 29.9 Å². The molecule has 1 aromatic heterocycles. The van der Waals surface area contributed by atoms with Gasteiger partial charge in [0.1, 0.15) is 5.82 Å². The van der Waals surface area contributed by atoms with Crippen molar-refractivity contribution in [2.45, 2.75) is 46.2 Å². The Morgan fingerprint density at radius 2 is 2.16 bits per heavy atom. The van der Waals surface area contributed by atoms with E-state index in [2.05, 4.69) is 59.9 Å². The maximum absolute atomic E-state index is 4.43. The van der Waals surface area contributed by atoms with Crippen molar-refractivity contribution in [1.29, 1.82) is 0 Å². The molecule has 102 valence electrons. The lowest BCUT2D eigenvalue weighted by Crippen LogP contribution is -2.21. The number of hydrogen-bond acceptors (Lipinski definition) is 2. The van der Waals surface area contributed by atoms with E-state index in [9.17, 15) is 0 Å². The molecule has 1 N–H and O–H groups in total. The molecule has 0 fully saturated rings. The highest BCUT2D eigenvalue weighted by molar-refractivity contribution is 5.37. The van der Waals surface area contributed by atoms with Gasteiger partial charge in [0.2, 0.25) is 0 Å². The van der Waals surface area contributed by atoms with Crippen molar-refractivity contribution < 1.29 is 0 Å². The zero-order valence-corrected chi connectivity index (χ0v) is 12.1. The van der Waals surface area contributed by atoms with Gasteiger partial charge in [0.25, 0.3) is 0 Å². The molecule has 19 heavy (non-hydrogen) atoms. The Bertz CT molecular complexity index is 514. The lowest BCUT2D eigenvalue weighted by molar-refractivity contribution is 0.588. The van der Waals surface area contributed by atoms with Crippen LogP contribution in [0, 0.1) is 0 Å². The predicted octanol–water partition coefficient (Wildman–Crippen LogP) is 3.32. The Balaban J connectivity index is 2.20. The van der Waals surface area contributed by atoms with E-state index in [1.807, 2.05) is 12.4 Å². The Hall–Kier alpha value is -1.61. The number of imidazole rings is 1. The fraction of sp³-hybridized carbons (Fsp3) is 0.438. The summed E-state index contributed by atoms with van der Waals surface area (Å²) in [6.07, 6.45) is 6.05. The SMILES string of the molecule is CCCc1nccn1-c1cccc(CNC(C)C)c1. The van der Waals surface area contributed by atoms with Gasteiger partial charge in [0.15, 0.2) is 0 Å². The number of rotatable bonds is 6. The largest absolute Gasteiger partial charge is 0.310 e. The predicted molar refractivity (Wildman–Crippen MR) is 79.5 cm³/mol. The van der Waals surface area contributed by atoms with Gasteiger partial charge in [0.05, 0.1) is 0 Å². The van der Waals surface area contributed by atoms with Crippen LogP contribution in [0.4, 0.5) is 0 Å². The Labute approximate surface area is 115 Å². The van der Waals surface area contributed by atoms with Crippen molar-refractivity contribution in [3.63, 3.8) is 0 Å². The molecule has 1 heterocycles. The summed E-state index contributed by atoms with van der Waals surface area (Å²) in [5.41, 5.74) is 2.51. The van der Waals surface area contributed by atoms with Gasteiger partial charge in [-0.2, -0.15) is 0 Å². The molecule has 2 aromatic rings. The molecule has 1 aromatic carbocycles. The minimum absolute atomic E-state index is 0.507. The van der Waals surface area contributed by atoms with Gasteiger partial charge in [-0.1, -0.05) is 32.9 Å². The molecule has 0 amide bonds. The summed E-state index contributed by atoms with van der Waals surface area (Å²) in [5, 5.41) is 3.45. The van der Waals surface area contributed by atoms with E-state index in [1.165, 1.54) is 11.3 Å². The molecular formula is C16H23N3. The molecule has 2 rings (SSSR count). The average Bonchev–Trinajstić information content (AvgIpc) is 2.85. The van der Waals surface area contributed by atoms with Crippen LogP contribution in [0.3, 0.4) is 0 Å². The van der Waals surface area contributed by atoms with Crippen LogP contribution >= 0.6 is 0 Å². The van der Waals surface area contributed by atoms with Crippen molar-refractivity contribution in [2.24, 2.45) is 0 Å². The minimum atomic E-state index is 0.507. The molecule has 3 nitrogen and oxygen atoms in total. The Kier molecular flexibility index (Phi) is 4.74. The Morgan fingerprint density at radius 1 is 1.32 bits per heavy atom. The van der Waals surface area contributed by atoms with E-state index >= 15 is 0 Å². The van der Waals surface area contributed by atoms with Crippen LogP contribution in [0.15, 0.2) is 36.7 Å². The smallest absolute Gasteiger partial charge is 0.113 e. The fourth-order valence-electron chi connectivity index (χ4n) is 2.12. The summed E-state index contributed by atoms with van der Waals surface area (Å²) < 4.78 is 2.18. The summed E-state index contributed by atoms with van der Waals surface area (Å²) >= 11 is 0. The first-order valence-electron chi connectivity index (χ1n) is 7.05. The van der Waals surface area contributed by atoms with E-state index in [-0.39, 0.29) is 0 Å². The second-order valence-electron chi connectivity index (χ2n) is 5.17. The van der Waals surface area contributed by atoms with Gasteiger partial charge < -0.3 is 9.88 Å². The molecule has 0 saturated heterocycles. The van der Waals surface area contributed by atoms with E-state index in [1.54, 1.807) is 0 Å². The van der Waals surface area contributed by atoms with Gasteiger partial charge in [-0.15, -0.1) is 0 Å². The van der Waals surface area contributed by atoms with E-state index in [4.69, 9.17) is 0 Å². The zero-order chi connectivity index (χ0) is 13.7. The second kappa shape index (κ2) is 6.53. The number of nitrogens with one attached hydrogen (secondary N) is 1. The number of nitrogens with zero attached hydrogens (tertiary/aromatic N) is 2. The molecule has 0 spiro atoms. The monoisotopic (exact) mass is 257 g/mol.